The van der Waals surface area contributed by atoms with E-state index in [9.17, 15) is 18.5 Å². The molecule has 1 N–H and O–H groups in total. The molecular formula is C20H31N4O3S+. The maximum Gasteiger partial charge on any atom is 0.278 e. The van der Waals surface area contributed by atoms with Crippen molar-refractivity contribution in [1.29, 1.82) is 5.26 Å². The highest BCUT2D eigenvalue weighted by atomic mass is 32.2. The van der Waals surface area contributed by atoms with Crippen LogP contribution in [0.25, 0.3) is 0 Å². The van der Waals surface area contributed by atoms with E-state index in [1.54, 1.807) is 33.0 Å². The molecule has 1 aromatic carbocycles. The first-order chi connectivity index (χ1) is 13.0. The summed E-state index contributed by atoms with van der Waals surface area (Å²) in [5.41, 5.74) is 0.250. The quantitative estimate of drug-likeness (QED) is 0.742. The van der Waals surface area contributed by atoms with Crippen molar-refractivity contribution < 1.29 is 18.1 Å². The Morgan fingerprint density at radius 1 is 1.25 bits per heavy atom. The predicted molar refractivity (Wildman–Crippen MR) is 107 cm³/mol. The van der Waals surface area contributed by atoms with Crippen LogP contribution in [-0.2, 0) is 14.8 Å². The Labute approximate surface area is 168 Å². The van der Waals surface area contributed by atoms with Gasteiger partial charge in [-0.25, -0.2) is 8.42 Å². The summed E-state index contributed by atoms with van der Waals surface area (Å²) < 4.78 is 27.3. The third kappa shape index (κ3) is 4.90. The molecular weight excluding hydrogens is 376 g/mol. The van der Waals surface area contributed by atoms with Gasteiger partial charge in [-0.1, -0.05) is 26.0 Å². The number of nitriles is 1. The molecule has 0 bridgehead atoms. The average Bonchev–Trinajstić information content (AvgIpc) is 2.67. The Hall–Kier alpha value is -1.95. The summed E-state index contributed by atoms with van der Waals surface area (Å²) in [5, 5.41) is 9.18. The van der Waals surface area contributed by atoms with Crippen molar-refractivity contribution in [2.45, 2.75) is 44.0 Å². The predicted octanol–water partition coefficient (Wildman–Crippen LogP) is 0.460. The first kappa shape index (κ1) is 22.3. The molecule has 0 aliphatic carbocycles. The topological polar surface area (TPSA) is 85.9 Å². The largest absolute Gasteiger partial charge is 0.325 e. The molecule has 1 amide bonds. The Kier molecular flexibility index (Phi) is 6.86. The molecule has 1 aromatic rings. The summed E-state index contributed by atoms with van der Waals surface area (Å²) in [6.07, 6.45) is 0. The third-order valence-corrected chi connectivity index (χ3v) is 7.41. The smallest absolute Gasteiger partial charge is 0.278 e. The average molecular weight is 408 g/mol. The van der Waals surface area contributed by atoms with Gasteiger partial charge in [-0.05, 0) is 37.5 Å². The number of hydrogen-bond donors (Lipinski definition) is 1. The van der Waals surface area contributed by atoms with E-state index >= 15 is 0 Å². The fourth-order valence-corrected chi connectivity index (χ4v) is 4.55. The summed E-state index contributed by atoms with van der Waals surface area (Å²) in [6.45, 7) is 9.70. The van der Waals surface area contributed by atoms with Gasteiger partial charge in [0.1, 0.15) is 5.54 Å². The minimum absolute atomic E-state index is 0.109. The Balaban J connectivity index is 1.97. The van der Waals surface area contributed by atoms with Crippen molar-refractivity contribution >= 4 is 15.9 Å². The lowest BCUT2D eigenvalue weighted by Crippen LogP contribution is -3.15. The van der Waals surface area contributed by atoms with Crippen LogP contribution < -0.4 is 4.90 Å². The lowest BCUT2D eigenvalue weighted by molar-refractivity contribution is -0.896. The molecule has 8 heteroatoms. The van der Waals surface area contributed by atoms with Gasteiger partial charge in [0, 0.05) is 7.05 Å². The molecule has 154 valence electrons. The zero-order chi connectivity index (χ0) is 21.1. The van der Waals surface area contributed by atoms with Crippen LogP contribution in [-0.4, -0.2) is 68.8 Å². The lowest BCUT2D eigenvalue weighted by Gasteiger charge is -2.34. The second-order valence-corrected chi connectivity index (χ2v) is 10.1. The number of benzene rings is 1. The molecule has 1 saturated heterocycles. The minimum atomic E-state index is -3.52. The van der Waals surface area contributed by atoms with Crippen LogP contribution in [0.1, 0.15) is 39.2 Å². The van der Waals surface area contributed by atoms with E-state index < -0.39 is 15.6 Å². The molecule has 28 heavy (non-hydrogen) atoms. The maximum atomic E-state index is 12.9. The molecule has 1 aliphatic heterocycles. The summed E-state index contributed by atoms with van der Waals surface area (Å²) in [4.78, 5) is 15.2. The van der Waals surface area contributed by atoms with E-state index in [-0.39, 0.29) is 12.5 Å². The van der Waals surface area contributed by atoms with Crippen molar-refractivity contribution in [2.75, 3.05) is 39.8 Å². The van der Waals surface area contributed by atoms with E-state index in [2.05, 4.69) is 19.9 Å². The van der Waals surface area contributed by atoms with Crippen LogP contribution >= 0.6 is 0 Å². The number of quaternary nitrogens is 1. The van der Waals surface area contributed by atoms with Gasteiger partial charge >= 0.3 is 0 Å². The fraction of sp³-hybridized carbons (Fsp3) is 0.600. The monoisotopic (exact) mass is 407 g/mol. The van der Waals surface area contributed by atoms with Crippen molar-refractivity contribution in [2.24, 2.45) is 0 Å². The van der Waals surface area contributed by atoms with Gasteiger partial charge in [0.2, 0.25) is 10.0 Å². The highest BCUT2D eigenvalue weighted by Crippen LogP contribution is 2.20. The highest BCUT2D eigenvalue weighted by Gasteiger charge is 2.34. The van der Waals surface area contributed by atoms with Gasteiger partial charge in [-0.3, -0.25) is 4.79 Å². The van der Waals surface area contributed by atoms with Gasteiger partial charge in [0.15, 0.2) is 6.54 Å². The first-order valence-electron chi connectivity index (χ1n) is 9.60. The van der Waals surface area contributed by atoms with Gasteiger partial charge in [0.25, 0.3) is 5.91 Å². The van der Waals surface area contributed by atoms with E-state index in [1.165, 1.54) is 9.21 Å². The van der Waals surface area contributed by atoms with Crippen molar-refractivity contribution in [3.63, 3.8) is 0 Å². The Morgan fingerprint density at radius 2 is 1.79 bits per heavy atom. The number of piperazine rings is 1. The number of rotatable bonds is 6. The summed E-state index contributed by atoms with van der Waals surface area (Å²) in [6, 6.07) is 9.20. The molecule has 0 spiro atoms. The third-order valence-electron chi connectivity index (χ3n) is 5.50. The molecule has 0 radical (unpaired) electrons. The molecule has 0 saturated carbocycles. The van der Waals surface area contributed by atoms with Crippen molar-refractivity contribution in [3.8, 4) is 6.07 Å². The van der Waals surface area contributed by atoms with Crippen molar-refractivity contribution in [1.82, 2.24) is 9.21 Å². The van der Waals surface area contributed by atoms with Gasteiger partial charge in [-0.2, -0.15) is 9.57 Å². The summed E-state index contributed by atoms with van der Waals surface area (Å²) in [7, 11) is -1.89. The van der Waals surface area contributed by atoms with Crippen LogP contribution in [0.15, 0.2) is 29.2 Å². The number of likely N-dealkylation sites (N-methyl/N-ethyl adjacent to an activating group) is 1. The standard InChI is InChI=1S/C20H30N4O3S/c1-16(2)17-6-8-18(9-7-17)28(26,27)24-12-10-23(11-13-24)14-19(25)22(5)20(3,4)15-21/h6-9,16H,10-14H2,1-5H3/p+1. The van der Waals surface area contributed by atoms with Crippen LogP contribution in [0.5, 0.6) is 0 Å². The number of nitrogens with zero attached hydrogens (tertiary/aromatic N) is 3. The van der Waals surface area contributed by atoms with Crippen LogP contribution in [0.3, 0.4) is 0 Å². The maximum absolute atomic E-state index is 12.9. The number of sulfonamides is 1. The Morgan fingerprint density at radius 3 is 2.25 bits per heavy atom. The zero-order valence-electron chi connectivity index (χ0n) is 17.4. The molecule has 2 rings (SSSR count). The number of carbonyl (C=O) groups is 1. The lowest BCUT2D eigenvalue weighted by atomic mass is 10.0. The highest BCUT2D eigenvalue weighted by molar-refractivity contribution is 7.89. The second-order valence-electron chi connectivity index (χ2n) is 8.18. The fourth-order valence-electron chi connectivity index (χ4n) is 3.11. The second kappa shape index (κ2) is 8.60. The van der Waals surface area contributed by atoms with Crippen LogP contribution in [0, 0.1) is 11.3 Å². The molecule has 0 atom stereocenters. The Bertz CT molecular complexity index is 833. The van der Waals surface area contributed by atoms with E-state index in [0.29, 0.717) is 37.0 Å². The van der Waals surface area contributed by atoms with E-state index in [0.717, 1.165) is 10.5 Å². The first-order valence-corrected chi connectivity index (χ1v) is 11.0. The molecule has 1 heterocycles. The normalized spacial score (nSPS) is 16.8. The molecule has 0 unspecified atom stereocenters. The van der Waals surface area contributed by atoms with Crippen LogP contribution in [0.4, 0.5) is 0 Å². The van der Waals surface area contributed by atoms with E-state index in [4.69, 9.17) is 0 Å². The summed E-state index contributed by atoms with van der Waals surface area (Å²) >= 11 is 0. The van der Waals surface area contributed by atoms with Gasteiger partial charge < -0.3 is 9.80 Å². The van der Waals surface area contributed by atoms with Gasteiger partial charge in [0.05, 0.1) is 37.1 Å². The van der Waals surface area contributed by atoms with Gasteiger partial charge in [-0.15, -0.1) is 0 Å². The SMILES string of the molecule is CC(C)c1ccc(S(=O)(=O)N2CC[NH+](CC(=O)N(C)C(C)(C)C#N)CC2)cc1. The van der Waals surface area contributed by atoms with E-state index in [1.807, 2.05) is 12.1 Å². The summed E-state index contributed by atoms with van der Waals surface area (Å²) in [5.74, 6) is 0.243. The number of carbonyl (C=O) groups excluding carboxylic acids is 1. The molecule has 1 fully saturated rings. The molecule has 7 nitrogen and oxygen atoms in total. The zero-order valence-corrected chi connectivity index (χ0v) is 18.2. The molecule has 0 aromatic heterocycles. The van der Waals surface area contributed by atoms with Crippen molar-refractivity contribution in [3.05, 3.63) is 29.8 Å². The van der Waals surface area contributed by atoms with Crippen LogP contribution in [0.2, 0.25) is 0 Å². The number of nitrogens with one attached hydrogen (secondary N) is 1. The number of hydrogen-bond acceptors (Lipinski definition) is 4. The minimum Gasteiger partial charge on any atom is -0.325 e. The molecule has 1 aliphatic rings. The number of amides is 1.